The van der Waals surface area contributed by atoms with Crippen LogP contribution in [-0.2, 0) is 45.7 Å². The Kier molecular flexibility index (Phi) is 16.9. The van der Waals surface area contributed by atoms with Crippen LogP contribution in [0.1, 0.15) is 108 Å². The van der Waals surface area contributed by atoms with E-state index in [0.717, 1.165) is 63.1 Å². The maximum atomic E-state index is 10.2. The Morgan fingerprint density at radius 2 is 0.986 bits per heavy atom. The molecule has 6 heterocycles. The van der Waals surface area contributed by atoms with E-state index in [1.165, 1.54) is 5.56 Å². The lowest BCUT2D eigenvalue weighted by atomic mass is 9.70. The number of ether oxygens (including phenoxy) is 2. The third kappa shape index (κ3) is 12.5. The molecule has 0 aliphatic heterocycles. The van der Waals surface area contributed by atoms with Crippen LogP contribution in [0.25, 0.3) is 22.6 Å². The van der Waals surface area contributed by atoms with Crippen LogP contribution in [0.3, 0.4) is 0 Å². The number of aryl methyl sites for hydroxylation is 1. The van der Waals surface area contributed by atoms with Gasteiger partial charge in [-0.05, 0) is 106 Å². The molecule has 2 unspecified atom stereocenters. The highest BCUT2D eigenvalue weighted by molar-refractivity contribution is 5.60. The first kappa shape index (κ1) is 50.8. The van der Waals surface area contributed by atoms with Crippen molar-refractivity contribution in [1.82, 2.24) is 30.2 Å². The first-order chi connectivity index (χ1) is 33.1. The molecular weight excluding hydrogens is 869 g/mol. The van der Waals surface area contributed by atoms with Gasteiger partial charge in [-0.1, -0.05) is 106 Å². The Balaban J connectivity index is 0.000000215. The van der Waals surface area contributed by atoms with E-state index in [1.54, 1.807) is 44.7 Å². The predicted molar refractivity (Wildman–Crippen MR) is 262 cm³/mol. The van der Waals surface area contributed by atoms with Crippen molar-refractivity contribution < 1.29 is 33.2 Å². The van der Waals surface area contributed by atoms with Crippen LogP contribution in [0.5, 0.6) is 11.5 Å². The normalized spacial score (nSPS) is 12.9. The molecule has 0 radical (unpaired) electrons. The van der Waals surface area contributed by atoms with E-state index in [2.05, 4.69) is 111 Å². The quantitative estimate of drug-likeness (QED) is 0.0969. The average Bonchev–Trinajstić information content (AvgIpc) is 4.08. The number of benzene rings is 2. The lowest BCUT2D eigenvalue weighted by molar-refractivity contribution is -0.191. The van der Waals surface area contributed by atoms with Crippen LogP contribution in [0.15, 0.2) is 155 Å². The zero-order valence-corrected chi connectivity index (χ0v) is 40.7. The fourth-order valence-corrected chi connectivity index (χ4v) is 7.66. The van der Waals surface area contributed by atoms with Crippen molar-refractivity contribution in [3.05, 3.63) is 191 Å². The average molecular weight is 929 g/mol. The number of pyridine rings is 4. The highest BCUT2D eigenvalue weighted by Crippen LogP contribution is 2.41. The van der Waals surface area contributed by atoms with E-state index in [0.29, 0.717) is 42.3 Å². The molecule has 13 nitrogen and oxygen atoms in total. The number of aromatic nitrogens is 6. The fourth-order valence-electron chi connectivity index (χ4n) is 7.66. The molecule has 0 amide bonds. The molecule has 0 saturated heterocycles. The number of hydrogen-bond acceptors (Lipinski definition) is 13. The zero-order valence-electron chi connectivity index (χ0n) is 40.7. The SMILES string of the molecule is CC(C)C(C)(c1ccc(-c2cc(C(C)(C)O)no2)cc1)c1ccc(OCc2ccccn2)cn1.CCc1cc(-c2ccc(C(C)(c3ccc(OCc4ccccn4)cn3)C(C)C)cc2)on1.O=C=O. The molecule has 356 valence electrons. The topological polar surface area (TPSA) is 176 Å². The summed E-state index contributed by atoms with van der Waals surface area (Å²) in [6.07, 6.45) is 8.22. The maximum absolute atomic E-state index is 10.2. The van der Waals surface area contributed by atoms with Gasteiger partial charge in [-0.25, -0.2) is 0 Å². The van der Waals surface area contributed by atoms with E-state index in [1.807, 2.05) is 72.8 Å². The van der Waals surface area contributed by atoms with Gasteiger partial charge in [-0.15, -0.1) is 0 Å². The number of nitrogens with zero attached hydrogens (tertiary/aromatic N) is 6. The van der Waals surface area contributed by atoms with Crippen LogP contribution < -0.4 is 9.47 Å². The van der Waals surface area contributed by atoms with Crippen LogP contribution in [0, 0.1) is 11.8 Å². The summed E-state index contributed by atoms with van der Waals surface area (Å²) < 4.78 is 22.7. The second-order valence-corrected chi connectivity index (χ2v) is 18.1. The van der Waals surface area contributed by atoms with Crippen LogP contribution in [0.2, 0.25) is 0 Å². The largest absolute Gasteiger partial charge is 0.486 e. The first-order valence-electron chi connectivity index (χ1n) is 22.9. The second kappa shape index (κ2) is 22.9. The van der Waals surface area contributed by atoms with Gasteiger partial charge in [0.25, 0.3) is 0 Å². The van der Waals surface area contributed by atoms with E-state index in [-0.39, 0.29) is 17.0 Å². The van der Waals surface area contributed by atoms with Crippen molar-refractivity contribution in [2.24, 2.45) is 11.8 Å². The van der Waals surface area contributed by atoms with Gasteiger partial charge in [0.1, 0.15) is 36.0 Å². The third-order valence-electron chi connectivity index (χ3n) is 12.7. The van der Waals surface area contributed by atoms with Crippen LogP contribution in [0.4, 0.5) is 0 Å². The molecule has 0 saturated carbocycles. The van der Waals surface area contributed by atoms with E-state index >= 15 is 0 Å². The lowest BCUT2D eigenvalue weighted by Gasteiger charge is -2.34. The molecule has 8 rings (SSSR count). The number of aliphatic hydroxyl groups is 1. The Labute approximate surface area is 404 Å². The van der Waals surface area contributed by atoms with Crippen LogP contribution in [-0.4, -0.2) is 41.5 Å². The van der Waals surface area contributed by atoms with Gasteiger partial charge in [0.15, 0.2) is 11.5 Å². The number of hydrogen-bond donors (Lipinski definition) is 1. The summed E-state index contributed by atoms with van der Waals surface area (Å²) >= 11 is 0. The fraction of sp³-hybridized carbons (Fsp3) is 0.304. The van der Waals surface area contributed by atoms with Crippen molar-refractivity contribution in [2.45, 2.75) is 98.4 Å². The molecule has 2 atom stereocenters. The van der Waals surface area contributed by atoms with Gasteiger partial charge in [0.2, 0.25) is 0 Å². The summed E-state index contributed by atoms with van der Waals surface area (Å²) in [6.45, 7) is 19.6. The van der Waals surface area contributed by atoms with Gasteiger partial charge in [-0.2, -0.15) is 9.59 Å². The molecule has 2 aromatic carbocycles. The van der Waals surface area contributed by atoms with Crippen molar-refractivity contribution in [1.29, 1.82) is 0 Å². The van der Waals surface area contributed by atoms with Gasteiger partial charge in [-0.3, -0.25) is 19.9 Å². The summed E-state index contributed by atoms with van der Waals surface area (Å²) in [7, 11) is 0. The smallest absolute Gasteiger partial charge is 0.373 e. The highest BCUT2D eigenvalue weighted by atomic mass is 16.5. The molecule has 0 aliphatic carbocycles. The van der Waals surface area contributed by atoms with Gasteiger partial charge < -0.3 is 23.6 Å². The summed E-state index contributed by atoms with van der Waals surface area (Å²) in [6, 6.07) is 40.2. The molecule has 13 heteroatoms. The summed E-state index contributed by atoms with van der Waals surface area (Å²) in [4.78, 5) is 34.4. The monoisotopic (exact) mass is 928 g/mol. The lowest BCUT2D eigenvalue weighted by Crippen LogP contribution is -2.31. The Hall–Kier alpha value is -7.60. The van der Waals surface area contributed by atoms with E-state index in [9.17, 15) is 5.11 Å². The number of carbonyl (C=O) groups excluding carboxylic acids is 2. The molecule has 0 fully saturated rings. The van der Waals surface area contributed by atoms with Gasteiger partial charge >= 0.3 is 6.15 Å². The Bertz CT molecular complexity index is 2840. The molecule has 0 spiro atoms. The van der Waals surface area contributed by atoms with Crippen molar-refractivity contribution in [3.63, 3.8) is 0 Å². The first-order valence-corrected chi connectivity index (χ1v) is 22.9. The zero-order chi connectivity index (χ0) is 49.6. The van der Waals surface area contributed by atoms with Crippen molar-refractivity contribution in [2.75, 3.05) is 0 Å². The highest BCUT2D eigenvalue weighted by Gasteiger charge is 2.35. The molecule has 69 heavy (non-hydrogen) atoms. The number of rotatable bonds is 16. The molecule has 6 aromatic heterocycles. The van der Waals surface area contributed by atoms with Crippen LogP contribution >= 0.6 is 0 Å². The summed E-state index contributed by atoms with van der Waals surface area (Å²) in [5, 5.41) is 18.3. The summed E-state index contributed by atoms with van der Waals surface area (Å²) in [5.41, 5.74) is 7.94. The van der Waals surface area contributed by atoms with Crippen molar-refractivity contribution in [3.8, 4) is 34.1 Å². The second-order valence-electron chi connectivity index (χ2n) is 18.1. The molecule has 1 N–H and O–H groups in total. The maximum Gasteiger partial charge on any atom is 0.373 e. The minimum atomic E-state index is -1.04. The van der Waals surface area contributed by atoms with Gasteiger partial charge in [0.05, 0.1) is 40.9 Å². The molecule has 8 aromatic rings. The third-order valence-corrected chi connectivity index (χ3v) is 12.7. The van der Waals surface area contributed by atoms with Gasteiger partial charge in [0, 0.05) is 46.5 Å². The Morgan fingerprint density at radius 1 is 0.551 bits per heavy atom. The minimum absolute atomic E-state index is 0.242. The Morgan fingerprint density at radius 3 is 1.32 bits per heavy atom. The molecule has 0 aliphatic rings. The standard InChI is InChI=1S/C28H31N3O3.C27H29N3O2.CO2/c1-19(2)28(5,25-14-13-23(17-30-25)33-18-22-8-6-7-15-29-22)21-11-9-20(10-12-21)24-16-26(31-34-24)27(3,4)32;1-5-22-16-25(32-30-22)20-9-11-21(12-10-20)27(4,19(2)3)26-14-13-24(17-29-26)31-18-23-8-6-7-15-28-23;2-1-3/h6-17,19,32H,18H2,1-5H3;6-17,19H,5,18H2,1-4H3;. The summed E-state index contributed by atoms with van der Waals surface area (Å²) in [5.74, 6) is 3.52. The minimum Gasteiger partial charge on any atom is -0.486 e. The van der Waals surface area contributed by atoms with Crippen molar-refractivity contribution >= 4 is 6.15 Å². The molecular formula is C56H60N6O7. The molecule has 0 bridgehead atoms. The predicted octanol–water partition coefficient (Wildman–Crippen LogP) is 11.6. The van der Waals surface area contributed by atoms with E-state index in [4.69, 9.17) is 38.1 Å². The van der Waals surface area contributed by atoms with E-state index < -0.39 is 5.60 Å².